The Morgan fingerprint density at radius 2 is 1.90 bits per heavy atom. The minimum Gasteiger partial charge on any atom is -0.372 e. The number of hydrogen-bond acceptors (Lipinski definition) is 3. The molecule has 1 saturated heterocycles. The topological polar surface area (TPSA) is 68.8 Å². The lowest BCUT2D eigenvalue weighted by molar-refractivity contribution is -0.116. The zero-order valence-corrected chi connectivity index (χ0v) is 18.9. The van der Waals surface area contributed by atoms with Gasteiger partial charge in [-0.3, -0.25) is 9.79 Å². The number of nitrogens with one attached hydrogen (secondary N) is 3. The molecule has 1 aliphatic heterocycles. The molecule has 0 aliphatic carbocycles. The van der Waals surface area contributed by atoms with Gasteiger partial charge in [0.2, 0.25) is 5.91 Å². The standard InChI is InChI=1S/C25H35N5O/c1-4-9-24(31)29-22-12-7-10-20(16-22)18-27-25(26-3)28-19(2)21-11-8-13-23(17-21)30-14-5-6-15-30/h7-8,10-13,16-17,19H,4-6,9,14-15,18H2,1-3H3,(H,29,31)(H2,26,27,28). The lowest BCUT2D eigenvalue weighted by Crippen LogP contribution is -2.38. The summed E-state index contributed by atoms with van der Waals surface area (Å²) in [6.45, 7) is 7.07. The summed E-state index contributed by atoms with van der Waals surface area (Å²) in [6.07, 6.45) is 3.93. The van der Waals surface area contributed by atoms with Crippen molar-refractivity contribution in [3.63, 3.8) is 0 Å². The lowest BCUT2D eigenvalue weighted by atomic mass is 10.1. The Morgan fingerprint density at radius 1 is 1.13 bits per heavy atom. The Balaban J connectivity index is 1.56. The van der Waals surface area contributed by atoms with Crippen molar-refractivity contribution < 1.29 is 4.79 Å². The van der Waals surface area contributed by atoms with Gasteiger partial charge in [0.05, 0.1) is 6.04 Å². The normalized spacial score (nSPS) is 14.9. The summed E-state index contributed by atoms with van der Waals surface area (Å²) in [6, 6.07) is 16.8. The predicted octanol–water partition coefficient (Wildman–Crippen LogP) is 4.45. The van der Waals surface area contributed by atoms with Gasteiger partial charge in [-0.05, 0) is 61.6 Å². The quantitative estimate of drug-likeness (QED) is 0.435. The van der Waals surface area contributed by atoms with E-state index in [-0.39, 0.29) is 11.9 Å². The molecule has 1 amide bonds. The van der Waals surface area contributed by atoms with Crippen LogP contribution in [-0.2, 0) is 11.3 Å². The Kier molecular flexibility index (Phi) is 8.33. The Labute approximate surface area is 186 Å². The highest BCUT2D eigenvalue weighted by atomic mass is 16.1. The van der Waals surface area contributed by atoms with Crippen molar-refractivity contribution in [3.8, 4) is 0 Å². The zero-order valence-electron chi connectivity index (χ0n) is 18.9. The SMILES string of the molecule is CCCC(=O)Nc1cccc(CNC(=NC)NC(C)c2cccc(N3CCCC3)c2)c1. The molecule has 31 heavy (non-hydrogen) atoms. The third kappa shape index (κ3) is 6.74. The maximum atomic E-state index is 11.8. The van der Waals surface area contributed by atoms with E-state index in [2.05, 4.69) is 57.0 Å². The summed E-state index contributed by atoms with van der Waals surface area (Å²) >= 11 is 0. The molecule has 1 heterocycles. The molecule has 3 rings (SSSR count). The summed E-state index contributed by atoms with van der Waals surface area (Å²) in [4.78, 5) is 18.7. The van der Waals surface area contributed by atoms with E-state index in [0.29, 0.717) is 13.0 Å². The second-order valence-corrected chi connectivity index (χ2v) is 8.08. The number of guanidine groups is 1. The second-order valence-electron chi connectivity index (χ2n) is 8.08. The van der Waals surface area contributed by atoms with E-state index >= 15 is 0 Å². The van der Waals surface area contributed by atoms with Crippen molar-refractivity contribution in [1.29, 1.82) is 0 Å². The minimum absolute atomic E-state index is 0.0510. The molecule has 0 radical (unpaired) electrons. The van der Waals surface area contributed by atoms with Crippen LogP contribution in [0.1, 0.15) is 56.7 Å². The van der Waals surface area contributed by atoms with Crippen LogP contribution in [0, 0.1) is 0 Å². The van der Waals surface area contributed by atoms with E-state index < -0.39 is 0 Å². The van der Waals surface area contributed by atoms with Gasteiger partial charge in [-0.15, -0.1) is 0 Å². The predicted molar refractivity (Wildman–Crippen MR) is 130 cm³/mol. The summed E-state index contributed by atoms with van der Waals surface area (Å²) in [5.41, 5.74) is 4.45. The van der Waals surface area contributed by atoms with Crippen LogP contribution in [0.4, 0.5) is 11.4 Å². The van der Waals surface area contributed by atoms with E-state index in [0.717, 1.165) is 36.7 Å². The first-order valence-corrected chi connectivity index (χ1v) is 11.3. The molecule has 3 N–H and O–H groups in total. The molecule has 166 valence electrons. The Hall–Kier alpha value is -3.02. The molecule has 1 unspecified atom stereocenters. The van der Waals surface area contributed by atoms with Crippen molar-refractivity contribution in [3.05, 3.63) is 59.7 Å². The first-order chi connectivity index (χ1) is 15.1. The van der Waals surface area contributed by atoms with Gasteiger partial charge in [0.15, 0.2) is 5.96 Å². The highest BCUT2D eigenvalue weighted by Gasteiger charge is 2.14. The molecule has 6 nitrogen and oxygen atoms in total. The fraction of sp³-hybridized carbons (Fsp3) is 0.440. The van der Waals surface area contributed by atoms with Crippen LogP contribution in [0.3, 0.4) is 0 Å². The van der Waals surface area contributed by atoms with E-state index in [1.54, 1.807) is 7.05 Å². The van der Waals surface area contributed by atoms with Crippen LogP contribution in [0.15, 0.2) is 53.5 Å². The third-order valence-corrected chi connectivity index (χ3v) is 5.57. The molecule has 0 spiro atoms. The number of carbonyl (C=O) groups excluding carboxylic acids is 1. The number of anilines is 2. The highest BCUT2D eigenvalue weighted by molar-refractivity contribution is 5.90. The highest BCUT2D eigenvalue weighted by Crippen LogP contribution is 2.24. The van der Waals surface area contributed by atoms with Crippen molar-refractivity contribution in [2.24, 2.45) is 4.99 Å². The fourth-order valence-corrected chi connectivity index (χ4v) is 3.84. The van der Waals surface area contributed by atoms with Gasteiger partial charge in [-0.1, -0.05) is 31.2 Å². The molecule has 0 saturated carbocycles. The number of amides is 1. The minimum atomic E-state index is 0.0510. The monoisotopic (exact) mass is 421 g/mol. The molecular formula is C25H35N5O. The van der Waals surface area contributed by atoms with Gasteiger partial charge < -0.3 is 20.9 Å². The molecule has 6 heteroatoms. The van der Waals surface area contributed by atoms with E-state index in [4.69, 9.17) is 0 Å². The number of aliphatic imine (C=N–C) groups is 1. The summed E-state index contributed by atoms with van der Waals surface area (Å²) in [5, 5.41) is 9.81. The first kappa shape index (κ1) is 22.7. The average molecular weight is 422 g/mol. The molecule has 1 aliphatic rings. The smallest absolute Gasteiger partial charge is 0.224 e. The van der Waals surface area contributed by atoms with Crippen molar-refractivity contribution in [2.45, 2.75) is 52.1 Å². The molecule has 0 bridgehead atoms. The summed E-state index contributed by atoms with van der Waals surface area (Å²) < 4.78 is 0. The average Bonchev–Trinajstić information content (AvgIpc) is 3.32. The van der Waals surface area contributed by atoms with Gasteiger partial charge >= 0.3 is 0 Å². The molecule has 1 fully saturated rings. The fourth-order valence-electron chi connectivity index (χ4n) is 3.84. The van der Waals surface area contributed by atoms with Gasteiger partial charge in [0, 0.05) is 44.5 Å². The van der Waals surface area contributed by atoms with Crippen LogP contribution in [0.25, 0.3) is 0 Å². The Morgan fingerprint density at radius 3 is 2.65 bits per heavy atom. The first-order valence-electron chi connectivity index (χ1n) is 11.3. The number of rotatable bonds is 8. The molecule has 2 aromatic carbocycles. The van der Waals surface area contributed by atoms with Gasteiger partial charge in [-0.2, -0.15) is 0 Å². The molecular weight excluding hydrogens is 386 g/mol. The lowest BCUT2D eigenvalue weighted by Gasteiger charge is -2.22. The largest absolute Gasteiger partial charge is 0.372 e. The van der Waals surface area contributed by atoms with E-state index in [1.165, 1.54) is 24.1 Å². The molecule has 2 aromatic rings. The van der Waals surface area contributed by atoms with E-state index in [9.17, 15) is 4.79 Å². The van der Waals surface area contributed by atoms with Crippen LogP contribution in [0.2, 0.25) is 0 Å². The number of carbonyl (C=O) groups is 1. The number of benzene rings is 2. The molecule has 1 atom stereocenters. The van der Waals surface area contributed by atoms with Crippen LogP contribution in [0.5, 0.6) is 0 Å². The number of nitrogens with zero attached hydrogens (tertiary/aromatic N) is 2. The Bertz CT molecular complexity index is 889. The van der Waals surface area contributed by atoms with E-state index in [1.807, 2.05) is 31.2 Å². The van der Waals surface area contributed by atoms with Crippen molar-refractivity contribution in [1.82, 2.24) is 10.6 Å². The van der Waals surface area contributed by atoms with Gasteiger partial charge in [0.25, 0.3) is 0 Å². The third-order valence-electron chi connectivity index (χ3n) is 5.57. The maximum absolute atomic E-state index is 11.8. The van der Waals surface area contributed by atoms with Crippen LogP contribution < -0.4 is 20.9 Å². The number of hydrogen-bond donors (Lipinski definition) is 3. The zero-order chi connectivity index (χ0) is 22.1. The second kappa shape index (κ2) is 11.4. The summed E-state index contributed by atoms with van der Waals surface area (Å²) in [5.74, 6) is 0.801. The summed E-state index contributed by atoms with van der Waals surface area (Å²) in [7, 11) is 1.78. The van der Waals surface area contributed by atoms with Gasteiger partial charge in [0.1, 0.15) is 0 Å². The van der Waals surface area contributed by atoms with Crippen LogP contribution >= 0.6 is 0 Å². The van der Waals surface area contributed by atoms with Crippen LogP contribution in [-0.4, -0.2) is 32.0 Å². The van der Waals surface area contributed by atoms with Crippen molar-refractivity contribution >= 4 is 23.2 Å². The van der Waals surface area contributed by atoms with Crippen molar-refractivity contribution in [2.75, 3.05) is 30.4 Å². The maximum Gasteiger partial charge on any atom is 0.224 e. The molecule has 0 aromatic heterocycles. The van der Waals surface area contributed by atoms with Gasteiger partial charge in [-0.25, -0.2) is 0 Å².